The SMILES string of the molecule is CCN(CCC(C)N)C1=CCNC=C1. The zero-order valence-electron chi connectivity index (χ0n) is 9.16. The molecule has 1 atom stereocenters. The van der Waals surface area contributed by atoms with Gasteiger partial charge in [-0.1, -0.05) is 0 Å². The van der Waals surface area contributed by atoms with E-state index in [0.29, 0.717) is 0 Å². The average molecular weight is 195 g/mol. The molecule has 0 aromatic carbocycles. The number of hydrogen-bond acceptors (Lipinski definition) is 3. The minimum absolute atomic E-state index is 0.287. The van der Waals surface area contributed by atoms with Gasteiger partial charge < -0.3 is 16.0 Å². The molecule has 1 aliphatic heterocycles. The average Bonchev–Trinajstić information content (AvgIpc) is 2.20. The molecule has 0 saturated carbocycles. The van der Waals surface area contributed by atoms with Crippen LogP contribution in [0.5, 0.6) is 0 Å². The monoisotopic (exact) mass is 195 g/mol. The van der Waals surface area contributed by atoms with E-state index in [1.807, 2.05) is 6.20 Å². The molecule has 3 N–H and O–H groups in total. The fourth-order valence-electron chi connectivity index (χ4n) is 1.51. The second-order valence-electron chi connectivity index (χ2n) is 3.72. The third-order valence-corrected chi connectivity index (χ3v) is 2.40. The molecule has 3 heteroatoms. The van der Waals surface area contributed by atoms with Crippen LogP contribution in [-0.2, 0) is 0 Å². The largest absolute Gasteiger partial charge is 0.387 e. The van der Waals surface area contributed by atoms with Gasteiger partial charge in [-0.3, -0.25) is 0 Å². The van der Waals surface area contributed by atoms with Gasteiger partial charge in [0.05, 0.1) is 0 Å². The predicted octanol–water partition coefficient (Wildman–Crippen LogP) is 1.05. The molecule has 0 saturated heterocycles. The van der Waals surface area contributed by atoms with Gasteiger partial charge in [0.25, 0.3) is 0 Å². The molecule has 0 aliphatic carbocycles. The van der Waals surface area contributed by atoms with Crippen LogP contribution < -0.4 is 11.1 Å². The maximum absolute atomic E-state index is 5.75. The Kier molecular flexibility index (Phi) is 4.53. The lowest BCUT2D eigenvalue weighted by molar-refractivity contribution is 0.353. The first kappa shape index (κ1) is 11.1. The molecule has 0 spiro atoms. The number of nitrogens with two attached hydrogens (primary N) is 1. The smallest absolute Gasteiger partial charge is 0.0357 e. The van der Waals surface area contributed by atoms with Crippen LogP contribution in [0.1, 0.15) is 20.3 Å². The molecular weight excluding hydrogens is 174 g/mol. The van der Waals surface area contributed by atoms with E-state index in [1.54, 1.807) is 0 Å². The molecule has 0 aromatic rings. The van der Waals surface area contributed by atoms with Crippen molar-refractivity contribution in [3.8, 4) is 0 Å². The summed E-state index contributed by atoms with van der Waals surface area (Å²) in [5, 5.41) is 3.15. The summed E-state index contributed by atoms with van der Waals surface area (Å²) in [6, 6.07) is 0.287. The highest BCUT2D eigenvalue weighted by Crippen LogP contribution is 2.09. The van der Waals surface area contributed by atoms with Crippen LogP contribution in [0.4, 0.5) is 0 Å². The summed E-state index contributed by atoms with van der Waals surface area (Å²) >= 11 is 0. The summed E-state index contributed by atoms with van der Waals surface area (Å²) in [4.78, 5) is 2.36. The Bertz CT molecular complexity index is 219. The highest BCUT2D eigenvalue weighted by Gasteiger charge is 2.07. The zero-order chi connectivity index (χ0) is 10.4. The fraction of sp³-hybridized carbons (Fsp3) is 0.636. The van der Waals surface area contributed by atoms with Crippen molar-refractivity contribution in [3.63, 3.8) is 0 Å². The minimum atomic E-state index is 0.287. The number of dihydropyridines is 1. The number of nitrogens with one attached hydrogen (secondary N) is 1. The first-order chi connectivity index (χ1) is 6.74. The van der Waals surface area contributed by atoms with Gasteiger partial charge in [-0.25, -0.2) is 0 Å². The Labute approximate surface area is 86.7 Å². The molecule has 1 aliphatic rings. The van der Waals surface area contributed by atoms with Crippen molar-refractivity contribution in [2.24, 2.45) is 5.73 Å². The summed E-state index contributed by atoms with van der Waals surface area (Å²) in [6.45, 7) is 7.26. The molecule has 0 radical (unpaired) electrons. The summed E-state index contributed by atoms with van der Waals surface area (Å²) in [5.41, 5.74) is 7.06. The van der Waals surface area contributed by atoms with Crippen molar-refractivity contribution >= 4 is 0 Å². The Morgan fingerprint density at radius 3 is 2.93 bits per heavy atom. The molecule has 0 fully saturated rings. The van der Waals surface area contributed by atoms with Gasteiger partial charge in [0.2, 0.25) is 0 Å². The van der Waals surface area contributed by atoms with Gasteiger partial charge in [0.15, 0.2) is 0 Å². The van der Waals surface area contributed by atoms with Crippen molar-refractivity contribution in [2.45, 2.75) is 26.3 Å². The van der Waals surface area contributed by atoms with Gasteiger partial charge >= 0.3 is 0 Å². The van der Waals surface area contributed by atoms with Crippen molar-refractivity contribution in [1.82, 2.24) is 10.2 Å². The zero-order valence-corrected chi connectivity index (χ0v) is 9.16. The lowest BCUT2D eigenvalue weighted by Crippen LogP contribution is -2.29. The molecule has 0 bridgehead atoms. The van der Waals surface area contributed by atoms with Crippen molar-refractivity contribution < 1.29 is 0 Å². The summed E-state index contributed by atoms with van der Waals surface area (Å²) in [6.07, 6.45) is 7.38. The maximum Gasteiger partial charge on any atom is 0.0357 e. The molecule has 1 rings (SSSR count). The second kappa shape index (κ2) is 5.70. The van der Waals surface area contributed by atoms with Crippen LogP contribution in [0.15, 0.2) is 24.0 Å². The van der Waals surface area contributed by atoms with Crippen LogP contribution in [0.3, 0.4) is 0 Å². The molecule has 0 aromatic heterocycles. The number of rotatable bonds is 5. The first-order valence-electron chi connectivity index (χ1n) is 5.34. The van der Waals surface area contributed by atoms with E-state index in [4.69, 9.17) is 5.73 Å². The molecule has 14 heavy (non-hydrogen) atoms. The van der Waals surface area contributed by atoms with Crippen molar-refractivity contribution in [3.05, 3.63) is 24.0 Å². The van der Waals surface area contributed by atoms with E-state index in [2.05, 4.69) is 36.2 Å². The third-order valence-electron chi connectivity index (χ3n) is 2.40. The van der Waals surface area contributed by atoms with Crippen LogP contribution in [-0.4, -0.2) is 30.6 Å². The Morgan fingerprint density at radius 2 is 2.43 bits per heavy atom. The highest BCUT2D eigenvalue weighted by molar-refractivity contribution is 5.21. The molecule has 1 heterocycles. The molecule has 0 amide bonds. The number of hydrogen-bond donors (Lipinski definition) is 2. The molecular formula is C11H21N3. The van der Waals surface area contributed by atoms with Gasteiger partial charge in [0.1, 0.15) is 0 Å². The standard InChI is InChI=1S/C11H21N3/c1-3-14(9-6-10(2)12)11-4-7-13-8-5-11/h4-5,7,10,13H,3,6,8-9,12H2,1-2H3. The summed E-state index contributed by atoms with van der Waals surface area (Å²) in [7, 11) is 0. The number of nitrogens with zero attached hydrogens (tertiary/aromatic N) is 1. The third kappa shape index (κ3) is 3.42. The van der Waals surface area contributed by atoms with E-state index in [1.165, 1.54) is 5.70 Å². The summed E-state index contributed by atoms with van der Waals surface area (Å²) < 4.78 is 0. The van der Waals surface area contributed by atoms with Crippen LogP contribution >= 0.6 is 0 Å². The van der Waals surface area contributed by atoms with Crippen LogP contribution in [0.2, 0.25) is 0 Å². The summed E-state index contributed by atoms with van der Waals surface area (Å²) in [5.74, 6) is 0. The van der Waals surface area contributed by atoms with Gasteiger partial charge in [-0.2, -0.15) is 0 Å². The highest BCUT2D eigenvalue weighted by atomic mass is 15.1. The quantitative estimate of drug-likeness (QED) is 0.689. The van der Waals surface area contributed by atoms with E-state index >= 15 is 0 Å². The van der Waals surface area contributed by atoms with E-state index in [9.17, 15) is 0 Å². The lowest BCUT2D eigenvalue weighted by atomic mass is 10.2. The van der Waals surface area contributed by atoms with Gasteiger partial charge in [-0.15, -0.1) is 0 Å². The van der Waals surface area contributed by atoms with E-state index in [0.717, 1.165) is 26.1 Å². The van der Waals surface area contributed by atoms with Gasteiger partial charge in [-0.05, 0) is 38.6 Å². The Morgan fingerprint density at radius 1 is 1.64 bits per heavy atom. The number of allylic oxidation sites excluding steroid dienone is 1. The van der Waals surface area contributed by atoms with Gasteiger partial charge in [0, 0.05) is 31.4 Å². The number of likely N-dealkylation sites (N-methyl/N-ethyl adjacent to an activating group) is 1. The van der Waals surface area contributed by atoms with E-state index in [-0.39, 0.29) is 6.04 Å². The fourth-order valence-corrected chi connectivity index (χ4v) is 1.51. The molecule has 80 valence electrons. The minimum Gasteiger partial charge on any atom is -0.387 e. The van der Waals surface area contributed by atoms with E-state index < -0.39 is 0 Å². The normalized spacial score (nSPS) is 17.2. The maximum atomic E-state index is 5.75. The van der Waals surface area contributed by atoms with Crippen molar-refractivity contribution in [1.29, 1.82) is 0 Å². The predicted molar refractivity (Wildman–Crippen MR) is 60.7 cm³/mol. The first-order valence-corrected chi connectivity index (χ1v) is 5.34. The van der Waals surface area contributed by atoms with Crippen LogP contribution in [0.25, 0.3) is 0 Å². The van der Waals surface area contributed by atoms with Crippen LogP contribution in [0, 0.1) is 0 Å². The molecule has 1 unspecified atom stereocenters. The topological polar surface area (TPSA) is 41.3 Å². The Hall–Kier alpha value is -0.960. The van der Waals surface area contributed by atoms with Crippen molar-refractivity contribution in [2.75, 3.05) is 19.6 Å². The molecule has 3 nitrogen and oxygen atoms in total. The Balaban J connectivity index is 2.44. The second-order valence-corrected chi connectivity index (χ2v) is 3.72. The lowest BCUT2D eigenvalue weighted by Gasteiger charge is -2.26.